The molecule has 0 bridgehead atoms. The van der Waals surface area contributed by atoms with E-state index in [1.807, 2.05) is 0 Å². The van der Waals surface area contributed by atoms with E-state index >= 15 is 0 Å². The van der Waals surface area contributed by atoms with Gasteiger partial charge in [-0.15, -0.1) is 0 Å². The first-order valence-corrected chi connectivity index (χ1v) is 7.67. The molecule has 0 aliphatic rings. The highest BCUT2D eigenvalue weighted by atomic mass is 16.5. The lowest BCUT2D eigenvalue weighted by atomic mass is 10.2. The molecule has 0 radical (unpaired) electrons. The van der Waals surface area contributed by atoms with Gasteiger partial charge in [-0.05, 0) is 37.3 Å². The normalized spacial score (nSPS) is 11.8. The molecule has 1 atom stereocenters. The molecule has 0 aliphatic heterocycles. The topological polar surface area (TPSA) is 86.4 Å². The number of rotatable bonds is 5. The summed E-state index contributed by atoms with van der Waals surface area (Å²) < 4.78 is 11.5. The maximum absolute atomic E-state index is 12.5. The first kappa shape index (κ1) is 16.5. The summed E-state index contributed by atoms with van der Waals surface area (Å²) in [6.45, 7) is 1.61. The van der Waals surface area contributed by atoms with E-state index < -0.39 is 6.04 Å². The van der Waals surface area contributed by atoms with Crippen LogP contribution in [-0.4, -0.2) is 22.8 Å². The molecule has 7 nitrogen and oxygen atoms in total. The summed E-state index contributed by atoms with van der Waals surface area (Å²) in [6.07, 6.45) is 1.52. The van der Waals surface area contributed by atoms with Gasteiger partial charge in [0.1, 0.15) is 17.5 Å². The van der Waals surface area contributed by atoms with Gasteiger partial charge in [-0.3, -0.25) is 9.59 Å². The molecule has 0 fully saturated rings. The lowest BCUT2D eigenvalue weighted by Crippen LogP contribution is -2.33. The first-order valence-electron chi connectivity index (χ1n) is 7.67. The number of hydrogen-bond donors (Lipinski definition) is 1. The molecule has 1 unspecified atom stereocenters. The van der Waals surface area contributed by atoms with Gasteiger partial charge in [-0.1, -0.05) is 6.07 Å². The zero-order valence-corrected chi connectivity index (χ0v) is 13.8. The van der Waals surface area contributed by atoms with Gasteiger partial charge in [0.15, 0.2) is 5.76 Å². The van der Waals surface area contributed by atoms with Crippen LogP contribution in [0.2, 0.25) is 0 Å². The Labute approximate surface area is 143 Å². The van der Waals surface area contributed by atoms with Crippen LogP contribution < -0.4 is 15.6 Å². The predicted molar refractivity (Wildman–Crippen MR) is 92.5 cm³/mol. The number of carbonyl (C=O) groups excluding carboxylic acids is 1. The largest absolute Gasteiger partial charge is 0.497 e. The van der Waals surface area contributed by atoms with Gasteiger partial charge in [-0.2, -0.15) is 5.10 Å². The van der Waals surface area contributed by atoms with Crippen molar-refractivity contribution in [3.8, 4) is 17.2 Å². The smallest absolute Gasteiger partial charge is 0.267 e. The Morgan fingerprint density at radius 2 is 2.08 bits per heavy atom. The van der Waals surface area contributed by atoms with Crippen LogP contribution in [-0.2, 0) is 4.79 Å². The lowest BCUT2D eigenvalue weighted by molar-refractivity contribution is -0.119. The molecule has 0 spiro atoms. The Morgan fingerprint density at radius 3 is 2.80 bits per heavy atom. The Bertz CT molecular complexity index is 931. The van der Waals surface area contributed by atoms with Crippen LogP contribution in [0.5, 0.6) is 5.75 Å². The number of carbonyl (C=O) groups is 1. The van der Waals surface area contributed by atoms with Gasteiger partial charge in [0.05, 0.1) is 13.4 Å². The summed E-state index contributed by atoms with van der Waals surface area (Å²) in [5, 5.41) is 6.99. The number of furan rings is 1. The molecule has 3 aromatic rings. The minimum atomic E-state index is -0.798. The first-order chi connectivity index (χ1) is 12.1. The van der Waals surface area contributed by atoms with E-state index in [1.54, 1.807) is 56.5 Å². The van der Waals surface area contributed by atoms with Crippen molar-refractivity contribution in [2.24, 2.45) is 0 Å². The molecule has 1 aromatic carbocycles. The van der Waals surface area contributed by atoms with Gasteiger partial charge < -0.3 is 14.5 Å². The molecule has 2 aromatic heterocycles. The fourth-order valence-corrected chi connectivity index (χ4v) is 2.32. The van der Waals surface area contributed by atoms with Crippen molar-refractivity contribution in [3.63, 3.8) is 0 Å². The molecule has 25 heavy (non-hydrogen) atoms. The third kappa shape index (κ3) is 3.60. The summed E-state index contributed by atoms with van der Waals surface area (Å²) in [6, 6.07) is 12.6. The summed E-state index contributed by atoms with van der Waals surface area (Å²) >= 11 is 0. The highest BCUT2D eigenvalue weighted by Crippen LogP contribution is 2.19. The number of nitrogens with one attached hydrogen (secondary N) is 1. The Kier molecular flexibility index (Phi) is 4.65. The molecule has 128 valence electrons. The summed E-state index contributed by atoms with van der Waals surface area (Å²) in [5.74, 6) is 0.786. The third-order valence-electron chi connectivity index (χ3n) is 3.68. The zero-order chi connectivity index (χ0) is 17.8. The zero-order valence-electron chi connectivity index (χ0n) is 13.8. The van der Waals surface area contributed by atoms with Crippen LogP contribution in [0, 0.1) is 0 Å². The minimum absolute atomic E-state index is 0.362. The molecular weight excluding hydrogens is 322 g/mol. The number of anilines is 1. The third-order valence-corrected chi connectivity index (χ3v) is 3.68. The van der Waals surface area contributed by atoms with E-state index in [0.29, 0.717) is 22.9 Å². The molecule has 0 saturated heterocycles. The maximum atomic E-state index is 12.5. The standard InChI is InChI=1S/C18H17N3O4/c1-12(18(23)19-13-5-3-6-14(11-13)24-2)21-17(22)9-8-15(20-21)16-7-4-10-25-16/h3-12H,1-2H3,(H,19,23). The fraction of sp³-hybridized carbons (Fsp3) is 0.167. The number of aromatic nitrogens is 2. The Balaban J connectivity index is 1.84. The van der Waals surface area contributed by atoms with Crippen LogP contribution in [0.25, 0.3) is 11.5 Å². The lowest BCUT2D eigenvalue weighted by Gasteiger charge is -2.15. The van der Waals surface area contributed by atoms with Crippen molar-refractivity contribution in [1.29, 1.82) is 0 Å². The van der Waals surface area contributed by atoms with Crippen molar-refractivity contribution in [2.45, 2.75) is 13.0 Å². The Morgan fingerprint density at radius 1 is 1.24 bits per heavy atom. The number of hydrogen-bond acceptors (Lipinski definition) is 5. The average molecular weight is 339 g/mol. The van der Waals surface area contributed by atoms with Crippen molar-refractivity contribution in [3.05, 3.63) is 65.1 Å². The second kappa shape index (κ2) is 7.04. The van der Waals surface area contributed by atoms with E-state index in [9.17, 15) is 9.59 Å². The van der Waals surface area contributed by atoms with E-state index in [1.165, 1.54) is 12.3 Å². The fourth-order valence-electron chi connectivity index (χ4n) is 2.32. The van der Waals surface area contributed by atoms with Gasteiger partial charge in [-0.25, -0.2) is 4.68 Å². The monoisotopic (exact) mass is 339 g/mol. The summed E-state index contributed by atoms with van der Waals surface area (Å²) in [7, 11) is 1.55. The maximum Gasteiger partial charge on any atom is 0.267 e. The predicted octanol–water partition coefficient (Wildman–Crippen LogP) is 2.71. The molecule has 3 rings (SSSR count). The minimum Gasteiger partial charge on any atom is -0.497 e. The second-order valence-electron chi connectivity index (χ2n) is 5.38. The van der Waals surface area contributed by atoms with E-state index in [2.05, 4.69) is 10.4 Å². The average Bonchev–Trinajstić information content (AvgIpc) is 3.16. The van der Waals surface area contributed by atoms with E-state index in [4.69, 9.17) is 9.15 Å². The van der Waals surface area contributed by atoms with Gasteiger partial charge >= 0.3 is 0 Å². The quantitative estimate of drug-likeness (QED) is 0.772. The molecule has 1 amide bonds. The van der Waals surface area contributed by atoms with Crippen LogP contribution >= 0.6 is 0 Å². The second-order valence-corrected chi connectivity index (χ2v) is 5.38. The highest BCUT2D eigenvalue weighted by molar-refractivity contribution is 5.93. The molecular formula is C18H17N3O4. The van der Waals surface area contributed by atoms with Crippen LogP contribution in [0.4, 0.5) is 5.69 Å². The van der Waals surface area contributed by atoms with Crippen LogP contribution in [0.15, 0.2) is 64.0 Å². The van der Waals surface area contributed by atoms with E-state index in [0.717, 1.165) is 4.68 Å². The number of nitrogens with zero attached hydrogens (tertiary/aromatic N) is 2. The number of amides is 1. The molecule has 0 saturated carbocycles. The molecule has 2 heterocycles. The Hall–Kier alpha value is -3.35. The molecule has 7 heteroatoms. The van der Waals surface area contributed by atoms with Gasteiger partial charge in [0.25, 0.3) is 5.56 Å². The van der Waals surface area contributed by atoms with Crippen molar-refractivity contribution in [2.75, 3.05) is 12.4 Å². The molecule has 1 N–H and O–H groups in total. The molecule has 0 aliphatic carbocycles. The van der Waals surface area contributed by atoms with Crippen LogP contribution in [0.3, 0.4) is 0 Å². The number of methoxy groups -OCH3 is 1. The summed E-state index contributed by atoms with van der Waals surface area (Å²) in [4.78, 5) is 24.6. The van der Waals surface area contributed by atoms with E-state index in [-0.39, 0.29) is 11.5 Å². The van der Waals surface area contributed by atoms with Crippen molar-refractivity contribution in [1.82, 2.24) is 9.78 Å². The van der Waals surface area contributed by atoms with Crippen LogP contribution in [0.1, 0.15) is 13.0 Å². The number of ether oxygens (including phenoxy) is 1. The van der Waals surface area contributed by atoms with Gasteiger partial charge in [0.2, 0.25) is 5.91 Å². The number of benzene rings is 1. The SMILES string of the molecule is COc1cccc(NC(=O)C(C)n2nc(-c3ccco3)ccc2=O)c1. The van der Waals surface area contributed by atoms with Crippen molar-refractivity contribution < 1.29 is 13.9 Å². The summed E-state index contributed by atoms with van der Waals surface area (Å²) in [5.41, 5.74) is 0.681. The van der Waals surface area contributed by atoms with Gasteiger partial charge in [0, 0.05) is 17.8 Å². The highest BCUT2D eigenvalue weighted by Gasteiger charge is 2.19. The van der Waals surface area contributed by atoms with Crippen molar-refractivity contribution >= 4 is 11.6 Å².